The second kappa shape index (κ2) is 9.44. The van der Waals surface area contributed by atoms with Gasteiger partial charge in [0.15, 0.2) is 0 Å². The van der Waals surface area contributed by atoms with Crippen LogP contribution in [0.3, 0.4) is 0 Å². The van der Waals surface area contributed by atoms with Crippen molar-refractivity contribution in [3.8, 4) is 0 Å². The molecule has 0 radical (unpaired) electrons. The number of rotatable bonds is 8. The zero-order valence-corrected chi connectivity index (χ0v) is 14.4. The average molecular weight is 258 g/mol. The quantitative estimate of drug-likeness (QED) is 0.577. The summed E-state index contributed by atoms with van der Waals surface area (Å²) in [7, 11) is 0. The minimum absolute atomic E-state index is 0.681. The van der Waals surface area contributed by atoms with Crippen molar-refractivity contribution in [1.82, 2.24) is 0 Å². The van der Waals surface area contributed by atoms with Gasteiger partial charge in [0.1, 0.15) is 0 Å². The first kappa shape index (κ1) is 18.5. The molecule has 102 valence electrons. The van der Waals surface area contributed by atoms with E-state index >= 15 is 0 Å². The Kier molecular flexibility index (Phi) is 8.71. The van der Waals surface area contributed by atoms with E-state index in [1.807, 2.05) is 0 Å². The van der Waals surface area contributed by atoms with Crippen LogP contribution in [0.4, 0.5) is 0 Å². The van der Waals surface area contributed by atoms with E-state index < -0.39 is 0 Å². The van der Waals surface area contributed by atoms with Crippen LogP contribution in [0.5, 0.6) is 0 Å². The Hall–Kier alpha value is 0.415. The van der Waals surface area contributed by atoms with E-state index in [0.717, 1.165) is 11.8 Å². The monoisotopic (exact) mass is 258 g/mol. The Bertz CT molecular complexity index is 356. The van der Waals surface area contributed by atoms with Crippen LogP contribution in [0.25, 0.3) is 0 Å². The molecule has 4 atom stereocenters. The van der Waals surface area contributed by atoms with Crippen LogP contribution in [0.2, 0.25) is 0 Å². The zero-order valence-electron chi connectivity index (χ0n) is 14.4. The van der Waals surface area contributed by atoms with Gasteiger partial charge in [-0.25, -0.2) is 0 Å². The maximum atomic E-state index is 2.46. The molecule has 1 aromatic carbocycles. The standard InChI is InChI=1S/C18H28.2Li/c1-5-15(3)10-12-17-8-7-9-18(14-17)13-11-16(4)6-2;;/h7-9,12-16H,5-6,10-11H2,1-4H3;;. The van der Waals surface area contributed by atoms with Gasteiger partial charge >= 0.3 is 145 Å². The first-order valence-electron chi connectivity index (χ1n) is 8.57. The molecule has 0 aromatic heterocycles. The van der Waals surface area contributed by atoms with Crippen molar-refractivity contribution < 1.29 is 0 Å². The van der Waals surface area contributed by atoms with Crippen LogP contribution in [-0.2, 0) is 0 Å². The van der Waals surface area contributed by atoms with Crippen molar-refractivity contribution >= 4 is 35.4 Å². The molecule has 0 aliphatic carbocycles. The fourth-order valence-electron chi connectivity index (χ4n) is 2.98. The summed E-state index contributed by atoms with van der Waals surface area (Å²) in [6.45, 7) is 9.32. The summed E-state index contributed by atoms with van der Waals surface area (Å²) in [5, 5.41) is 0. The number of hydrogen-bond acceptors (Lipinski definition) is 0. The summed E-state index contributed by atoms with van der Waals surface area (Å²) >= 11 is 4.76. The molecule has 0 spiro atoms. The Labute approximate surface area is 144 Å². The van der Waals surface area contributed by atoms with E-state index in [-0.39, 0.29) is 0 Å². The summed E-state index contributed by atoms with van der Waals surface area (Å²) in [5.41, 5.74) is 3.05. The second-order valence-electron chi connectivity index (χ2n) is 6.97. The molecule has 0 amide bonds. The van der Waals surface area contributed by atoms with Crippen molar-refractivity contribution in [2.45, 2.75) is 62.6 Å². The molecule has 0 nitrogen and oxygen atoms in total. The fraction of sp³-hybridized carbons (Fsp3) is 0.667. The molecule has 20 heavy (non-hydrogen) atoms. The van der Waals surface area contributed by atoms with E-state index in [2.05, 4.69) is 87.4 Å². The van der Waals surface area contributed by atoms with Gasteiger partial charge in [-0.3, -0.25) is 0 Å². The molecular weight excluding hydrogens is 230 g/mol. The van der Waals surface area contributed by atoms with Crippen LogP contribution in [0, 0.1) is 11.8 Å². The van der Waals surface area contributed by atoms with Gasteiger partial charge < -0.3 is 0 Å². The van der Waals surface area contributed by atoms with Gasteiger partial charge in [-0.2, -0.15) is 0 Å². The average Bonchev–Trinajstić information content (AvgIpc) is 2.46. The Morgan fingerprint density at radius 3 is 1.60 bits per heavy atom. The summed E-state index contributed by atoms with van der Waals surface area (Å²) in [6, 6.07) is 9.34. The molecule has 0 N–H and O–H groups in total. The van der Waals surface area contributed by atoms with Crippen molar-refractivity contribution in [2.75, 3.05) is 0 Å². The molecule has 0 saturated heterocycles. The van der Waals surface area contributed by atoms with Gasteiger partial charge in [-0.1, -0.05) is 0 Å². The van der Waals surface area contributed by atoms with E-state index in [4.69, 9.17) is 0 Å². The number of hydrogen-bond donors (Lipinski definition) is 0. The maximum absolute atomic E-state index is 2.46. The topological polar surface area (TPSA) is 0 Å². The zero-order chi connectivity index (χ0) is 15.1. The Balaban J connectivity index is 2.74. The third-order valence-corrected chi connectivity index (χ3v) is 4.95. The van der Waals surface area contributed by atoms with E-state index in [9.17, 15) is 0 Å². The van der Waals surface area contributed by atoms with Crippen molar-refractivity contribution in [2.24, 2.45) is 11.8 Å². The first-order chi connectivity index (χ1) is 9.47. The molecule has 0 heterocycles. The predicted molar refractivity (Wildman–Crippen MR) is 91.6 cm³/mol. The molecule has 0 aliphatic heterocycles. The first-order valence-corrected chi connectivity index (χ1v) is 8.57. The Morgan fingerprint density at radius 1 is 0.850 bits per heavy atom. The molecule has 2 heteroatoms. The Morgan fingerprint density at radius 2 is 1.25 bits per heavy atom. The number of benzene rings is 1. The summed E-state index contributed by atoms with van der Waals surface area (Å²) in [6.07, 6.45) is 5.18. The van der Waals surface area contributed by atoms with Gasteiger partial charge in [0, 0.05) is 0 Å². The molecular formula is C18H28Li2. The van der Waals surface area contributed by atoms with Crippen LogP contribution in [0.15, 0.2) is 24.3 Å². The van der Waals surface area contributed by atoms with Crippen LogP contribution in [0.1, 0.15) is 73.7 Å². The molecule has 1 rings (SSSR count). The normalized spacial score (nSPS) is 17.6. The molecule has 0 bridgehead atoms. The third-order valence-electron chi connectivity index (χ3n) is 4.95. The molecule has 1 aromatic rings. The summed E-state index contributed by atoms with van der Waals surface area (Å²) in [4.78, 5) is 0. The molecule has 0 fully saturated rings. The third kappa shape index (κ3) is 6.04. The van der Waals surface area contributed by atoms with Gasteiger partial charge in [0.2, 0.25) is 0 Å². The van der Waals surface area contributed by atoms with Crippen LogP contribution < -0.4 is 0 Å². The molecule has 0 saturated carbocycles. The van der Waals surface area contributed by atoms with Crippen molar-refractivity contribution in [1.29, 1.82) is 0 Å². The predicted octanol–water partition coefficient (Wildman–Crippen LogP) is 4.98. The van der Waals surface area contributed by atoms with E-state index in [1.165, 1.54) is 36.8 Å². The van der Waals surface area contributed by atoms with Gasteiger partial charge in [-0.15, -0.1) is 0 Å². The van der Waals surface area contributed by atoms with E-state index in [1.54, 1.807) is 0 Å². The van der Waals surface area contributed by atoms with Crippen LogP contribution >= 0.6 is 0 Å². The SMILES string of the molecule is [Li][CH](CC(C)CC)c1cccc([CH]([Li])CC(C)CC)c1. The second-order valence-corrected chi connectivity index (χ2v) is 6.97. The van der Waals surface area contributed by atoms with Gasteiger partial charge in [-0.05, 0) is 0 Å². The van der Waals surface area contributed by atoms with E-state index in [0.29, 0.717) is 9.18 Å². The van der Waals surface area contributed by atoms with Gasteiger partial charge in [0.25, 0.3) is 0 Å². The molecule has 0 aliphatic rings. The van der Waals surface area contributed by atoms with Crippen LogP contribution in [-0.4, -0.2) is 35.4 Å². The summed E-state index contributed by atoms with van der Waals surface area (Å²) < 4.78 is 1.36. The summed E-state index contributed by atoms with van der Waals surface area (Å²) in [5.74, 6) is 1.65. The van der Waals surface area contributed by atoms with Crippen molar-refractivity contribution in [3.05, 3.63) is 35.4 Å². The van der Waals surface area contributed by atoms with Gasteiger partial charge in [0.05, 0.1) is 0 Å². The minimum atomic E-state index is 0.681. The fourth-order valence-corrected chi connectivity index (χ4v) is 2.98. The van der Waals surface area contributed by atoms with Crippen molar-refractivity contribution in [3.63, 3.8) is 0 Å². The molecule has 4 unspecified atom stereocenters.